The molecule has 0 aliphatic rings. The van der Waals surface area contributed by atoms with Crippen LogP contribution in [0.25, 0.3) is 0 Å². The van der Waals surface area contributed by atoms with Crippen LogP contribution >= 0.6 is 0 Å². The Morgan fingerprint density at radius 2 is 1.33 bits per heavy atom. The second-order valence-electron chi connectivity index (χ2n) is 7.31. The number of hydrogen-bond acceptors (Lipinski definition) is 3. The van der Waals surface area contributed by atoms with E-state index in [1.54, 1.807) is 13.8 Å². The van der Waals surface area contributed by atoms with Gasteiger partial charge in [0.2, 0.25) is 0 Å². The molecule has 3 nitrogen and oxygen atoms in total. The second kappa shape index (κ2) is 5.72. The summed E-state index contributed by atoms with van der Waals surface area (Å²) >= 11 is 0. The van der Waals surface area contributed by atoms with Crippen molar-refractivity contribution in [3.05, 3.63) is 11.8 Å². The maximum atomic E-state index is 9.73. The number of aliphatic hydroxyl groups is 1. The lowest BCUT2D eigenvalue weighted by Crippen LogP contribution is -2.51. The van der Waals surface area contributed by atoms with Crippen molar-refractivity contribution in [2.45, 2.75) is 65.3 Å². The van der Waals surface area contributed by atoms with Crippen molar-refractivity contribution in [1.82, 2.24) is 0 Å². The van der Waals surface area contributed by atoms with Crippen molar-refractivity contribution < 1.29 is 13.3 Å². The van der Waals surface area contributed by atoms with Crippen LogP contribution in [0.5, 0.6) is 0 Å². The summed E-state index contributed by atoms with van der Waals surface area (Å²) in [6, 6.07) is 0. The first-order chi connectivity index (χ1) is 7.62. The van der Waals surface area contributed by atoms with Crippen molar-refractivity contribution in [3.63, 3.8) is 0 Å². The fourth-order valence-corrected chi connectivity index (χ4v) is 14.4. The van der Waals surface area contributed by atoms with Crippen molar-refractivity contribution in [2.75, 3.05) is 0 Å². The van der Waals surface area contributed by atoms with Gasteiger partial charge in [0.05, 0.1) is 5.60 Å². The van der Waals surface area contributed by atoms with Crippen LogP contribution in [0, 0.1) is 0 Å². The molecule has 0 saturated carbocycles. The molecule has 0 aromatic carbocycles. The molecule has 0 aromatic heterocycles. The smallest absolute Gasteiger partial charge is 0.311 e. The second-order valence-corrected chi connectivity index (χ2v) is 19.5. The topological polar surface area (TPSA) is 38.7 Å². The fourth-order valence-electron chi connectivity index (χ4n) is 1.83. The lowest BCUT2D eigenvalue weighted by atomic mass is 10.1. The Morgan fingerprint density at radius 3 is 1.67 bits per heavy atom. The summed E-state index contributed by atoms with van der Waals surface area (Å²) in [5, 5.41) is 9.73. The Kier molecular flexibility index (Phi) is 5.81. The SMILES string of the molecule is CC(C)(O)C=C[Si](C)(C)O[Si](C)(C)O[Si](C)(C)C. The minimum Gasteiger partial charge on any atom is -0.437 e. The van der Waals surface area contributed by atoms with Gasteiger partial charge in [-0.05, 0) is 59.7 Å². The van der Waals surface area contributed by atoms with Gasteiger partial charge >= 0.3 is 8.56 Å². The molecular weight excluding hydrogens is 276 g/mol. The third kappa shape index (κ3) is 10.2. The van der Waals surface area contributed by atoms with Crippen LogP contribution in [-0.2, 0) is 8.23 Å². The number of rotatable bonds is 6. The summed E-state index contributed by atoms with van der Waals surface area (Å²) < 4.78 is 12.5. The summed E-state index contributed by atoms with van der Waals surface area (Å²) in [6.45, 7) is 18.6. The van der Waals surface area contributed by atoms with Crippen molar-refractivity contribution >= 4 is 25.2 Å². The molecule has 0 aliphatic heterocycles. The molecule has 108 valence electrons. The molecule has 0 rings (SSSR count). The van der Waals surface area contributed by atoms with Crippen LogP contribution in [0.15, 0.2) is 11.8 Å². The van der Waals surface area contributed by atoms with Crippen molar-refractivity contribution in [3.8, 4) is 0 Å². The Morgan fingerprint density at radius 1 is 0.889 bits per heavy atom. The van der Waals surface area contributed by atoms with Gasteiger partial charge in [-0.1, -0.05) is 11.8 Å². The summed E-state index contributed by atoms with van der Waals surface area (Å²) in [4.78, 5) is 0. The van der Waals surface area contributed by atoms with E-state index in [-0.39, 0.29) is 0 Å². The molecule has 0 saturated heterocycles. The summed E-state index contributed by atoms with van der Waals surface area (Å²) in [6.07, 6.45) is 1.83. The highest BCUT2D eigenvalue weighted by Crippen LogP contribution is 2.21. The first-order valence-electron chi connectivity index (χ1n) is 6.45. The minimum atomic E-state index is -2.08. The largest absolute Gasteiger partial charge is 0.437 e. The van der Waals surface area contributed by atoms with Crippen LogP contribution < -0.4 is 0 Å². The molecule has 0 bridgehead atoms. The van der Waals surface area contributed by atoms with E-state index in [0.717, 1.165) is 0 Å². The van der Waals surface area contributed by atoms with Crippen LogP contribution in [0.2, 0.25) is 45.8 Å². The normalized spacial score (nSPS) is 15.4. The predicted molar refractivity (Wildman–Crippen MR) is 85.9 cm³/mol. The molecule has 0 amide bonds. The fraction of sp³-hybridized carbons (Fsp3) is 0.833. The third-order valence-corrected chi connectivity index (χ3v) is 11.4. The molecule has 0 heterocycles. The molecule has 6 heteroatoms. The van der Waals surface area contributed by atoms with Gasteiger partial charge in [0.15, 0.2) is 16.6 Å². The lowest BCUT2D eigenvalue weighted by molar-refractivity contribution is 0.133. The average molecular weight is 307 g/mol. The van der Waals surface area contributed by atoms with Crippen LogP contribution in [0.3, 0.4) is 0 Å². The van der Waals surface area contributed by atoms with Gasteiger partial charge in [-0.25, -0.2) is 0 Å². The molecule has 0 fully saturated rings. The molecule has 0 radical (unpaired) electrons. The zero-order valence-corrected chi connectivity index (χ0v) is 16.4. The Bertz CT molecular complexity index is 299. The Labute approximate surface area is 116 Å². The van der Waals surface area contributed by atoms with E-state index < -0.39 is 30.8 Å². The van der Waals surface area contributed by atoms with Crippen LogP contribution in [-0.4, -0.2) is 35.9 Å². The molecule has 0 atom stereocenters. The first kappa shape index (κ1) is 18.3. The monoisotopic (exact) mass is 306 g/mol. The van der Waals surface area contributed by atoms with Crippen LogP contribution in [0.1, 0.15) is 13.8 Å². The van der Waals surface area contributed by atoms with E-state index >= 15 is 0 Å². The molecule has 0 aliphatic carbocycles. The van der Waals surface area contributed by atoms with E-state index in [4.69, 9.17) is 8.23 Å². The maximum Gasteiger partial charge on any atom is 0.311 e. The predicted octanol–water partition coefficient (Wildman–Crippen LogP) is 3.63. The van der Waals surface area contributed by atoms with Gasteiger partial charge in [-0.3, -0.25) is 0 Å². The van der Waals surface area contributed by atoms with Crippen molar-refractivity contribution in [1.29, 1.82) is 0 Å². The average Bonchev–Trinajstić information content (AvgIpc) is 1.91. The Balaban J connectivity index is 4.71. The lowest BCUT2D eigenvalue weighted by Gasteiger charge is -2.36. The number of hydrogen-bond donors (Lipinski definition) is 1. The van der Waals surface area contributed by atoms with Gasteiger partial charge in [-0.2, -0.15) is 0 Å². The summed E-state index contributed by atoms with van der Waals surface area (Å²) in [5.74, 6) is 0. The molecule has 1 N–H and O–H groups in total. The zero-order valence-electron chi connectivity index (χ0n) is 13.4. The van der Waals surface area contributed by atoms with Gasteiger partial charge in [0.1, 0.15) is 0 Å². The summed E-state index contributed by atoms with van der Waals surface area (Å²) in [7, 11) is -5.58. The van der Waals surface area contributed by atoms with E-state index in [1.165, 1.54) is 0 Å². The highest BCUT2D eigenvalue weighted by atomic mass is 28.5. The summed E-state index contributed by atoms with van der Waals surface area (Å²) in [5.41, 5.74) is 1.27. The van der Waals surface area contributed by atoms with Gasteiger partial charge in [0, 0.05) is 0 Å². The van der Waals surface area contributed by atoms with Gasteiger partial charge in [0.25, 0.3) is 0 Å². The molecular formula is C12H30O3Si3. The molecule has 18 heavy (non-hydrogen) atoms. The molecule has 0 aromatic rings. The maximum absolute atomic E-state index is 9.73. The molecule has 0 unspecified atom stereocenters. The first-order valence-corrected chi connectivity index (χ1v) is 15.7. The highest BCUT2D eigenvalue weighted by Gasteiger charge is 2.36. The van der Waals surface area contributed by atoms with E-state index in [9.17, 15) is 5.11 Å². The van der Waals surface area contributed by atoms with Crippen molar-refractivity contribution in [2.24, 2.45) is 0 Å². The van der Waals surface area contributed by atoms with E-state index in [0.29, 0.717) is 0 Å². The quantitative estimate of drug-likeness (QED) is 0.762. The molecule has 0 spiro atoms. The van der Waals surface area contributed by atoms with Crippen LogP contribution in [0.4, 0.5) is 0 Å². The third-order valence-electron chi connectivity index (χ3n) is 1.95. The van der Waals surface area contributed by atoms with Gasteiger partial charge in [-0.15, -0.1) is 0 Å². The van der Waals surface area contributed by atoms with E-state index in [2.05, 4.69) is 51.5 Å². The zero-order chi connectivity index (χ0) is 14.8. The Hall–Kier alpha value is 0.271. The van der Waals surface area contributed by atoms with Gasteiger partial charge < -0.3 is 13.3 Å². The highest BCUT2D eigenvalue weighted by molar-refractivity contribution is 6.89. The standard InChI is InChI=1S/C12H30O3Si3/c1-12(2,13)10-11-17(6,7)15-18(8,9)14-16(3,4)5/h10-11,13H,1-9H3. The van der Waals surface area contributed by atoms with E-state index in [1.807, 2.05) is 6.08 Å². The minimum absolute atomic E-state index is 0.779.